The summed E-state index contributed by atoms with van der Waals surface area (Å²) in [6.07, 6.45) is 1.75. The van der Waals surface area contributed by atoms with Crippen LogP contribution in [0.1, 0.15) is 17.3 Å². The molecule has 0 amide bonds. The molecule has 82 valence electrons. The first-order chi connectivity index (χ1) is 7.10. The molecule has 2 nitrogen and oxygen atoms in total. The van der Waals surface area contributed by atoms with Crippen molar-refractivity contribution in [1.29, 1.82) is 0 Å². The van der Waals surface area contributed by atoms with Crippen LogP contribution in [0.4, 0.5) is 4.39 Å². The van der Waals surface area contributed by atoms with Crippen LogP contribution in [-0.4, -0.2) is 18.8 Å². The van der Waals surface area contributed by atoms with Crippen molar-refractivity contribution >= 4 is 33.7 Å². The van der Waals surface area contributed by atoms with Crippen LogP contribution >= 0.6 is 27.7 Å². The van der Waals surface area contributed by atoms with Gasteiger partial charge in [-0.2, -0.15) is 0 Å². The Balaban J connectivity index is 3.17. The van der Waals surface area contributed by atoms with E-state index in [2.05, 4.69) is 15.9 Å². The fraction of sp³-hybridized carbons (Fsp3) is 0.300. The minimum Gasteiger partial charge on any atom is -0.462 e. The fourth-order valence-electron chi connectivity index (χ4n) is 1.07. The van der Waals surface area contributed by atoms with Crippen molar-refractivity contribution in [3.8, 4) is 0 Å². The van der Waals surface area contributed by atoms with Crippen LogP contribution in [0, 0.1) is 5.82 Å². The van der Waals surface area contributed by atoms with Crippen LogP contribution < -0.4 is 0 Å². The smallest absolute Gasteiger partial charge is 0.341 e. The molecule has 0 fully saturated rings. The normalized spacial score (nSPS) is 10.1. The largest absolute Gasteiger partial charge is 0.462 e. The van der Waals surface area contributed by atoms with Gasteiger partial charge in [0.25, 0.3) is 0 Å². The molecule has 0 atom stereocenters. The van der Waals surface area contributed by atoms with Crippen LogP contribution in [0.2, 0.25) is 0 Å². The van der Waals surface area contributed by atoms with Crippen molar-refractivity contribution in [2.24, 2.45) is 0 Å². The van der Waals surface area contributed by atoms with E-state index in [-0.39, 0.29) is 12.2 Å². The molecule has 0 heterocycles. The molecule has 0 saturated carbocycles. The van der Waals surface area contributed by atoms with Crippen LogP contribution in [-0.2, 0) is 4.74 Å². The van der Waals surface area contributed by atoms with Gasteiger partial charge in [-0.1, -0.05) is 15.9 Å². The average molecular weight is 293 g/mol. The van der Waals surface area contributed by atoms with Crippen LogP contribution in [0.5, 0.6) is 0 Å². The highest BCUT2D eigenvalue weighted by Crippen LogP contribution is 2.27. The molecule has 0 aromatic heterocycles. The van der Waals surface area contributed by atoms with Crippen molar-refractivity contribution in [1.82, 2.24) is 0 Å². The SMILES string of the molecule is CCOC(=O)c1cc(Br)cc(SC)c1F. The molecular formula is C10H10BrFO2S. The second-order valence-corrected chi connectivity index (χ2v) is 4.45. The summed E-state index contributed by atoms with van der Waals surface area (Å²) in [5, 5.41) is 0. The Morgan fingerprint density at radius 1 is 1.60 bits per heavy atom. The second kappa shape index (κ2) is 5.51. The van der Waals surface area contributed by atoms with Crippen molar-refractivity contribution in [3.05, 3.63) is 28.0 Å². The summed E-state index contributed by atoms with van der Waals surface area (Å²) in [6, 6.07) is 3.05. The molecule has 0 N–H and O–H groups in total. The third-order valence-corrected chi connectivity index (χ3v) is 2.91. The highest BCUT2D eigenvalue weighted by atomic mass is 79.9. The number of rotatable bonds is 3. The van der Waals surface area contributed by atoms with Gasteiger partial charge >= 0.3 is 5.97 Å². The standard InChI is InChI=1S/C10H10BrFO2S/c1-3-14-10(13)7-4-6(11)5-8(15-2)9(7)12/h4-5H,3H2,1-2H3. The molecule has 1 aromatic rings. The number of carbonyl (C=O) groups excluding carboxylic acids is 1. The number of benzene rings is 1. The van der Waals surface area contributed by atoms with Gasteiger partial charge < -0.3 is 4.74 Å². The molecule has 0 aliphatic carbocycles. The van der Waals surface area contributed by atoms with Gasteiger partial charge in [0.1, 0.15) is 0 Å². The molecule has 5 heteroatoms. The van der Waals surface area contributed by atoms with E-state index in [1.165, 1.54) is 17.8 Å². The number of hydrogen-bond donors (Lipinski definition) is 0. The van der Waals surface area contributed by atoms with E-state index in [9.17, 15) is 9.18 Å². The van der Waals surface area contributed by atoms with E-state index in [0.29, 0.717) is 9.37 Å². The summed E-state index contributed by atoms with van der Waals surface area (Å²) in [6.45, 7) is 1.92. The summed E-state index contributed by atoms with van der Waals surface area (Å²) < 4.78 is 19.1. The average Bonchev–Trinajstić information content (AvgIpc) is 2.21. The number of esters is 1. The molecule has 0 spiro atoms. The van der Waals surface area contributed by atoms with Crippen molar-refractivity contribution in [2.45, 2.75) is 11.8 Å². The van der Waals surface area contributed by atoms with Gasteiger partial charge in [0.15, 0.2) is 5.82 Å². The van der Waals surface area contributed by atoms with Crippen molar-refractivity contribution < 1.29 is 13.9 Å². The molecule has 0 bridgehead atoms. The van der Waals surface area contributed by atoms with E-state index in [1.54, 1.807) is 19.2 Å². The monoisotopic (exact) mass is 292 g/mol. The zero-order chi connectivity index (χ0) is 11.4. The molecule has 0 radical (unpaired) electrons. The lowest BCUT2D eigenvalue weighted by Crippen LogP contribution is -2.08. The Bertz CT molecular complexity index is 382. The highest BCUT2D eigenvalue weighted by Gasteiger charge is 2.16. The van der Waals surface area contributed by atoms with Gasteiger partial charge in [0, 0.05) is 9.37 Å². The third kappa shape index (κ3) is 2.95. The summed E-state index contributed by atoms with van der Waals surface area (Å²) in [5.41, 5.74) is -0.0319. The highest BCUT2D eigenvalue weighted by molar-refractivity contribution is 9.10. The molecule has 0 aliphatic rings. The number of ether oxygens (including phenoxy) is 1. The maximum absolute atomic E-state index is 13.7. The van der Waals surface area contributed by atoms with E-state index in [1.807, 2.05) is 0 Å². The predicted octanol–water partition coefficient (Wildman–Crippen LogP) is 3.49. The van der Waals surface area contributed by atoms with Crippen LogP contribution in [0.15, 0.2) is 21.5 Å². The van der Waals surface area contributed by atoms with E-state index < -0.39 is 11.8 Å². The Kier molecular flexibility index (Phi) is 4.60. The summed E-state index contributed by atoms with van der Waals surface area (Å²) in [4.78, 5) is 11.8. The molecular weight excluding hydrogens is 283 g/mol. The Hall–Kier alpha value is -0.550. The predicted molar refractivity (Wildman–Crippen MR) is 61.8 cm³/mol. The number of halogens is 2. The van der Waals surface area contributed by atoms with E-state index >= 15 is 0 Å². The number of hydrogen-bond acceptors (Lipinski definition) is 3. The second-order valence-electron chi connectivity index (χ2n) is 2.69. The number of carbonyl (C=O) groups is 1. The molecule has 0 aliphatic heterocycles. The maximum Gasteiger partial charge on any atom is 0.341 e. The molecule has 1 rings (SSSR count). The first kappa shape index (κ1) is 12.5. The maximum atomic E-state index is 13.7. The summed E-state index contributed by atoms with van der Waals surface area (Å²) >= 11 is 4.47. The summed E-state index contributed by atoms with van der Waals surface area (Å²) in [5.74, 6) is -1.16. The van der Waals surface area contributed by atoms with E-state index in [4.69, 9.17) is 4.74 Å². The van der Waals surface area contributed by atoms with Gasteiger partial charge in [-0.05, 0) is 25.3 Å². The molecule has 15 heavy (non-hydrogen) atoms. The molecule has 0 saturated heterocycles. The minimum atomic E-state index is -0.633. The van der Waals surface area contributed by atoms with Gasteiger partial charge in [-0.15, -0.1) is 11.8 Å². The van der Waals surface area contributed by atoms with Crippen molar-refractivity contribution in [2.75, 3.05) is 12.9 Å². The first-order valence-corrected chi connectivity index (χ1v) is 6.32. The minimum absolute atomic E-state index is 0.0319. The molecule has 0 unspecified atom stereocenters. The van der Waals surface area contributed by atoms with E-state index in [0.717, 1.165) is 0 Å². The molecule has 1 aromatic carbocycles. The first-order valence-electron chi connectivity index (χ1n) is 4.30. The number of thioether (sulfide) groups is 1. The Morgan fingerprint density at radius 2 is 2.27 bits per heavy atom. The quantitative estimate of drug-likeness (QED) is 0.630. The van der Waals surface area contributed by atoms with Gasteiger partial charge in [0.05, 0.1) is 12.2 Å². The van der Waals surface area contributed by atoms with Crippen molar-refractivity contribution in [3.63, 3.8) is 0 Å². The lowest BCUT2D eigenvalue weighted by molar-refractivity contribution is 0.0520. The van der Waals surface area contributed by atoms with Gasteiger partial charge in [-0.25, -0.2) is 9.18 Å². The lowest BCUT2D eigenvalue weighted by Gasteiger charge is -2.07. The zero-order valence-corrected chi connectivity index (χ0v) is 10.7. The fourth-order valence-corrected chi connectivity index (χ4v) is 2.21. The van der Waals surface area contributed by atoms with Gasteiger partial charge in [0.2, 0.25) is 0 Å². The Morgan fingerprint density at radius 3 is 2.80 bits per heavy atom. The summed E-state index contributed by atoms with van der Waals surface area (Å²) in [7, 11) is 0. The van der Waals surface area contributed by atoms with Crippen LogP contribution in [0.25, 0.3) is 0 Å². The topological polar surface area (TPSA) is 26.3 Å². The van der Waals surface area contributed by atoms with Crippen LogP contribution in [0.3, 0.4) is 0 Å². The van der Waals surface area contributed by atoms with Gasteiger partial charge in [-0.3, -0.25) is 0 Å². The third-order valence-electron chi connectivity index (χ3n) is 1.72. The zero-order valence-electron chi connectivity index (χ0n) is 8.34. The Labute approximate surface area is 100 Å². The lowest BCUT2D eigenvalue weighted by atomic mass is 10.2.